The molecule has 0 amide bonds. The first-order valence-electron chi connectivity index (χ1n) is 12.0. The molecule has 0 unspecified atom stereocenters. The minimum absolute atomic E-state index is 0.00295. The second kappa shape index (κ2) is 12.9. The fourth-order valence-corrected chi connectivity index (χ4v) is 3.97. The minimum Gasteiger partial charge on any atom is -0.480 e. The number of nitrogens with two attached hydrogens (primary N) is 3. The molecule has 0 radical (unpaired) electrons. The monoisotopic (exact) mass is 511 g/mol. The zero-order valence-corrected chi connectivity index (χ0v) is 20.4. The third kappa shape index (κ3) is 7.53. The fraction of sp³-hybridized carbons (Fsp3) is 0.346. The molecule has 2 aromatic carbocycles. The lowest BCUT2D eigenvalue weighted by Gasteiger charge is -2.20. The van der Waals surface area contributed by atoms with Crippen LogP contribution < -0.4 is 27.3 Å². The summed E-state index contributed by atoms with van der Waals surface area (Å²) < 4.78 is 5.53. The van der Waals surface area contributed by atoms with E-state index in [1.165, 1.54) is 12.1 Å². The highest BCUT2D eigenvalue weighted by atomic mass is 16.5. The number of esters is 1. The lowest BCUT2D eigenvalue weighted by Crippen LogP contribution is -2.35. The van der Waals surface area contributed by atoms with Gasteiger partial charge in [-0.25, -0.2) is 9.59 Å². The van der Waals surface area contributed by atoms with Gasteiger partial charge in [0.2, 0.25) is 0 Å². The number of aromatic amines is 1. The van der Waals surface area contributed by atoms with Gasteiger partial charge in [-0.1, -0.05) is 30.7 Å². The standard InChI is InChI=1S/C26H33N5O6/c27-10-4-3-6-18(28)26(36)37-23-9-8-15(11-19(29)24(32)33)12-21(23)31-22(25(34)35)13-16-14-30-20-7-2-1-5-17(16)20/h1-2,5,7-9,12,14,18-19,22,30-31H,3-4,6,10-11,13,27-29H2,(H,32,33)(H,34,35)/t18-,19-,22-/m0/s1. The number of carbonyl (C=O) groups excluding carboxylic acids is 1. The number of nitrogens with one attached hydrogen (secondary N) is 2. The van der Waals surface area contributed by atoms with Crippen LogP contribution in [0.1, 0.15) is 30.4 Å². The van der Waals surface area contributed by atoms with Crippen LogP contribution in [0.25, 0.3) is 10.9 Å². The van der Waals surface area contributed by atoms with Gasteiger partial charge < -0.3 is 42.5 Å². The highest BCUT2D eigenvalue weighted by Crippen LogP contribution is 2.29. The number of carboxylic acid groups (broad SMARTS) is 2. The van der Waals surface area contributed by atoms with E-state index < -0.39 is 36.0 Å². The molecular weight excluding hydrogens is 478 g/mol. The van der Waals surface area contributed by atoms with Crippen LogP contribution in [0.15, 0.2) is 48.7 Å². The first-order valence-corrected chi connectivity index (χ1v) is 12.0. The molecule has 1 heterocycles. The maximum Gasteiger partial charge on any atom is 0.328 e. The third-order valence-corrected chi connectivity index (χ3v) is 6.03. The SMILES string of the molecule is NCCCC[C@H](N)C(=O)Oc1ccc(C[C@H](N)C(=O)O)cc1N[C@@H](Cc1c[nH]c2ccccc12)C(=O)O. The van der Waals surface area contributed by atoms with Crippen LogP contribution in [-0.4, -0.2) is 57.8 Å². The van der Waals surface area contributed by atoms with Gasteiger partial charge in [-0.15, -0.1) is 0 Å². The lowest BCUT2D eigenvalue weighted by molar-refractivity contribution is -0.139. The van der Waals surface area contributed by atoms with Crippen LogP contribution in [0.2, 0.25) is 0 Å². The average molecular weight is 512 g/mol. The van der Waals surface area contributed by atoms with Crippen molar-refractivity contribution in [1.29, 1.82) is 0 Å². The predicted octanol–water partition coefficient (Wildman–Crippen LogP) is 1.59. The van der Waals surface area contributed by atoms with Crippen molar-refractivity contribution in [2.45, 2.75) is 50.2 Å². The second-order valence-electron chi connectivity index (χ2n) is 8.89. The number of anilines is 1. The number of rotatable bonds is 14. The van der Waals surface area contributed by atoms with Crippen molar-refractivity contribution in [3.63, 3.8) is 0 Å². The maximum absolute atomic E-state index is 12.6. The van der Waals surface area contributed by atoms with E-state index >= 15 is 0 Å². The molecule has 0 bridgehead atoms. The average Bonchev–Trinajstić information content (AvgIpc) is 3.27. The van der Waals surface area contributed by atoms with Gasteiger partial charge in [-0.2, -0.15) is 0 Å². The van der Waals surface area contributed by atoms with E-state index in [0.29, 0.717) is 24.9 Å². The smallest absolute Gasteiger partial charge is 0.328 e. The van der Waals surface area contributed by atoms with E-state index in [1.54, 1.807) is 12.3 Å². The van der Waals surface area contributed by atoms with Crippen LogP contribution in [-0.2, 0) is 27.2 Å². The molecular formula is C26H33N5O6. The number of carboxylic acids is 2. The second-order valence-corrected chi connectivity index (χ2v) is 8.89. The van der Waals surface area contributed by atoms with Gasteiger partial charge in [0.25, 0.3) is 0 Å². The number of ether oxygens (including phenoxy) is 1. The van der Waals surface area contributed by atoms with Gasteiger partial charge in [-0.3, -0.25) is 4.79 Å². The van der Waals surface area contributed by atoms with E-state index in [2.05, 4.69) is 10.3 Å². The van der Waals surface area contributed by atoms with Crippen LogP contribution in [0.4, 0.5) is 5.69 Å². The number of unbranched alkanes of at least 4 members (excludes halogenated alkanes) is 1. The molecule has 198 valence electrons. The molecule has 0 aliphatic carbocycles. The molecule has 3 rings (SSSR count). The largest absolute Gasteiger partial charge is 0.480 e. The quantitative estimate of drug-likeness (QED) is 0.0944. The molecule has 0 fully saturated rings. The third-order valence-electron chi connectivity index (χ3n) is 6.03. The lowest BCUT2D eigenvalue weighted by atomic mass is 10.0. The molecule has 3 aromatic rings. The number of carbonyl (C=O) groups is 3. The Hall–Kier alpha value is -3.93. The summed E-state index contributed by atoms with van der Waals surface area (Å²) in [6.07, 6.45) is 3.66. The van der Waals surface area contributed by atoms with Crippen LogP contribution in [0.5, 0.6) is 5.75 Å². The number of aliphatic carboxylic acids is 2. The number of hydrogen-bond acceptors (Lipinski definition) is 8. The Morgan fingerprint density at radius 2 is 1.73 bits per heavy atom. The first kappa shape index (κ1) is 27.7. The summed E-state index contributed by atoms with van der Waals surface area (Å²) in [6, 6.07) is 9.01. The van der Waals surface area contributed by atoms with E-state index in [0.717, 1.165) is 22.9 Å². The van der Waals surface area contributed by atoms with Crippen molar-refractivity contribution in [3.05, 3.63) is 59.8 Å². The van der Waals surface area contributed by atoms with Crippen molar-refractivity contribution in [3.8, 4) is 5.75 Å². The number of aromatic nitrogens is 1. The molecule has 1 aromatic heterocycles. The Morgan fingerprint density at radius 3 is 2.43 bits per heavy atom. The summed E-state index contributed by atoms with van der Waals surface area (Å²) >= 11 is 0. The molecule has 0 aliphatic rings. The zero-order chi connectivity index (χ0) is 26.9. The van der Waals surface area contributed by atoms with Crippen molar-refractivity contribution in [2.24, 2.45) is 17.2 Å². The zero-order valence-electron chi connectivity index (χ0n) is 20.4. The van der Waals surface area contributed by atoms with E-state index in [1.807, 2.05) is 24.3 Å². The van der Waals surface area contributed by atoms with Crippen LogP contribution in [0.3, 0.4) is 0 Å². The highest BCUT2D eigenvalue weighted by Gasteiger charge is 2.24. The summed E-state index contributed by atoms with van der Waals surface area (Å²) in [5.74, 6) is -2.87. The maximum atomic E-state index is 12.6. The van der Waals surface area contributed by atoms with Gasteiger partial charge in [0, 0.05) is 23.5 Å². The fourth-order valence-electron chi connectivity index (χ4n) is 3.97. The molecule has 37 heavy (non-hydrogen) atoms. The summed E-state index contributed by atoms with van der Waals surface area (Å²) in [5, 5.41) is 23.0. The van der Waals surface area contributed by atoms with Crippen molar-refractivity contribution >= 4 is 34.5 Å². The van der Waals surface area contributed by atoms with Gasteiger partial charge in [-0.05, 0) is 55.1 Å². The first-order chi connectivity index (χ1) is 17.7. The number of hydrogen-bond donors (Lipinski definition) is 7. The Morgan fingerprint density at radius 1 is 0.973 bits per heavy atom. The summed E-state index contributed by atoms with van der Waals surface area (Å²) in [6.45, 7) is 0.489. The molecule has 0 spiro atoms. The summed E-state index contributed by atoms with van der Waals surface area (Å²) in [4.78, 5) is 39.2. The van der Waals surface area contributed by atoms with Crippen LogP contribution in [0, 0.1) is 0 Å². The number of H-pyrrole nitrogens is 1. The molecule has 0 aliphatic heterocycles. The molecule has 10 N–H and O–H groups in total. The predicted molar refractivity (Wildman–Crippen MR) is 139 cm³/mol. The van der Waals surface area contributed by atoms with Crippen LogP contribution >= 0.6 is 0 Å². The topological polar surface area (TPSA) is 207 Å². The number of fused-ring (bicyclic) bond motifs is 1. The van der Waals surface area contributed by atoms with E-state index in [-0.39, 0.29) is 24.3 Å². The van der Waals surface area contributed by atoms with Gasteiger partial charge >= 0.3 is 17.9 Å². The number of benzene rings is 2. The molecule has 0 saturated carbocycles. The van der Waals surface area contributed by atoms with Crippen molar-refractivity contribution in [1.82, 2.24) is 4.98 Å². The van der Waals surface area contributed by atoms with Gasteiger partial charge in [0.05, 0.1) is 5.69 Å². The Balaban J connectivity index is 1.87. The van der Waals surface area contributed by atoms with Crippen molar-refractivity contribution < 1.29 is 29.3 Å². The Kier molecular flexibility index (Phi) is 9.61. The molecule has 3 atom stereocenters. The Bertz CT molecular complexity index is 1240. The highest BCUT2D eigenvalue weighted by molar-refractivity contribution is 5.86. The summed E-state index contributed by atoms with van der Waals surface area (Å²) in [7, 11) is 0. The van der Waals surface area contributed by atoms with Gasteiger partial charge in [0.1, 0.15) is 18.1 Å². The molecule has 11 heteroatoms. The summed E-state index contributed by atoms with van der Waals surface area (Å²) in [5.41, 5.74) is 19.5. The van der Waals surface area contributed by atoms with Gasteiger partial charge in [0.15, 0.2) is 5.75 Å². The normalized spacial score (nSPS) is 13.6. The minimum atomic E-state index is -1.17. The van der Waals surface area contributed by atoms with E-state index in [4.69, 9.17) is 21.9 Å². The van der Waals surface area contributed by atoms with E-state index in [9.17, 15) is 24.6 Å². The molecule has 0 saturated heterocycles. The van der Waals surface area contributed by atoms with Crippen molar-refractivity contribution in [2.75, 3.05) is 11.9 Å². The number of para-hydroxylation sites is 1. The Labute approximate surface area is 214 Å². The molecule has 11 nitrogen and oxygen atoms in total.